The standard InChI is InChI=1S/C20H24ClN3O3/c1-12(20(26)27)11-23(16-8-9-16)19(25)10-18-13(2)22-24(14(18)3)17-6-4-15(21)5-7-17/h4-7,12,16H,8-11H2,1-3H3,(H,26,27). The zero-order chi connectivity index (χ0) is 19.7. The van der Waals surface area contributed by atoms with E-state index in [1.807, 2.05) is 30.7 Å². The summed E-state index contributed by atoms with van der Waals surface area (Å²) in [4.78, 5) is 25.8. The lowest BCUT2D eigenvalue weighted by molar-refractivity contribution is -0.143. The first kappa shape index (κ1) is 19.4. The van der Waals surface area contributed by atoms with Gasteiger partial charge in [-0.25, -0.2) is 4.68 Å². The van der Waals surface area contributed by atoms with Gasteiger partial charge in [0.05, 0.1) is 23.7 Å². The van der Waals surface area contributed by atoms with Gasteiger partial charge in [0.2, 0.25) is 5.91 Å². The molecule has 0 saturated heterocycles. The number of rotatable bonds is 7. The van der Waals surface area contributed by atoms with Crippen LogP contribution in [-0.2, 0) is 16.0 Å². The number of nitrogens with zero attached hydrogens (tertiary/aromatic N) is 3. The van der Waals surface area contributed by atoms with Crippen molar-refractivity contribution in [2.45, 2.75) is 46.1 Å². The molecule has 1 aromatic carbocycles. The molecule has 1 heterocycles. The number of halogens is 1. The van der Waals surface area contributed by atoms with E-state index in [1.54, 1.807) is 24.0 Å². The summed E-state index contributed by atoms with van der Waals surface area (Å²) in [6.07, 6.45) is 2.12. The second-order valence-corrected chi connectivity index (χ2v) is 7.67. The van der Waals surface area contributed by atoms with Gasteiger partial charge in [0.1, 0.15) is 0 Å². The van der Waals surface area contributed by atoms with Crippen molar-refractivity contribution in [2.24, 2.45) is 5.92 Å². The molecule has 1 saturated carbocycles. The fourth-order valence-corrected chi connectivity index (χ4v) is 3.36. The van der Waals surface area contributed by atoms with E-state index in [0.29, 0.717) is 5.02 Å². The summed E-state index contributed by atoms with van der Waals surface area (Å²) < 4.78 is 1.82. The summed E-state index contributed by atoms with van der Waals surface area (Å²) in [5.74, 6) is -1.49. The maximum Gasteiger partial charge on any atom is 0.308 e. The Bertz CT molecular complexity index is 856. The van der Waals surface area contributed by atoms with Gasteiger partial charge < -0.3 is 10.0 Å². The smallest absolute Gasteiger partial charge is 0.308 e. The summed E-state index contributed by atoms with van der Waals surface area (Å²) in [5.41, 5.74) is 3.49. The predicted molar refractivity (Wildman–Crippen MR) is 103 cm³/mol. The van der Waals surface area contributed by atoms with E-state index in [4.69, 9.17) is 11.6 Å². The number of carboxylic acid groups (broad SMARTS) is 1. The Labute approximate surface area is 163 Å². The number of aliphatic carboxylic acids is 1. The minimum absolute atomic E-state index is 0.0348. The van der Waals surface area contributed by atoms with Crippen molar-refractivity contribution < 1.29 is 14.7 Å². The number of aryl methyl sites for hydroxylation is 1. The molecule has 1 aliphatic rings. The van der Waals surface area contributed by atoms with Crippen LogP contribution in [-0.4, -0.2) is 44.3 Å². The fourth-order valence-electron chi connectivity index (χ4n) is 3.23. The van der Waals surface area contributed by atoms with Crippen LogP contribution in [0.4, 0.5) is 0 Å². The molecule has 0 aliphatic heterocycles. The maximum atomic E-state index is 12.9. The van der Waals surface area contributed by atoms with Crippen molar-refractivity contribution in [3.63, 3.8) is 0 Å². The van der Waals surface area contributed by atoms with E-state index in [1.165, 1.54) is 0 Å². The topological polar surface area (TPSA) is 75.4 Å². The molecule has 1 N–H and O–H groups in total. The third-order valence-corrected chi connectivity index (χ3v) is 5.29. The third kappa shape index (κ3) is 4.33. The van der Waals surface area contributed by atoms with Gasteiger partial charge >= 0.3 is 5.97 Å². The average molecular weight is 390 g/mol. The van der Waals surface area contributed by atoms with Gasteiger partial charge in [-0.05, 0) is 51.0 Å². The van der Waals surface area contributed by atoms with Crippen LogP contribution in [0.3, 0.4) is 0 Å². The van der Waals surface area contributed by atoms with E-state index in [2.05, 4.69) is 5.10 Å². The van der Waals surface area contributed by atoms with Crippen molar-refractivity contribution in [1.82, 2.24) is 14.7 Å². The number of carbonyl (C=O) groups is 2. The van der Waals surface area contributed by atoms with Gasteiger partial charge in [-0.3, -0.25) is 9.59 Å². The quantitative estimate of drug-likeness (QED) is 0.787. The van der Waals surface area contributed by atoms with Crippen molar-refractivity contribution >= 4 is 23.5 Å². The molecule has 1 aliphatic carbocycles. The zero-order valence-electron chi connectivity index (χ0n) is 15.8. The van der Waals surface area contributed by atoms with Crippen molar-refractivity contribution in [3.8, 4) is 5.69 Å². The summed E-state index contributed by atoms with van der Waals surface area (Å²) in [7, 11) is 0. The second-order valence-electron chi connectivity index (χ2n) is 7.23. The molecule has 3 rings (SSSR count). The summed E-state index contributed by atoms with van der Waals surface area (Å²) in [5, 5.41) is 14.4. The largest absolute Gasteiger partial charge is 0.481 e. The van der Waals surface area contributed by atoms with Crippen molar-refractivity contribution in [2.75, 3.05) is 6.54 Å². The van der Waals surface area contributed by atoms with Gasteiger partial charge in [0.25, 0.3) is 0 Å². The van der Waals surface area contributed by atoms with Crippen molar-refractivity contribution in [1.29, 1.82) is 0 Å². The minimum atomic E-state index is -0.878. The highest BCUT2D eigenvalue weighted by Crippen LogP contribution is 2.29. The highest BCUT2D eigenvalue weighted by Gasteiger charge is 2.35. The molecule has 0 radical (unpaired) electrons. The first-order valence-electron chi connectivity index (χ1n) is 9.11. The Balaban J connectivity index is 1.81. The normalized spacial score (nSPS) is 14.8. The minimum Gasteiger partial charge on any atom is -0.481 e. The number of benzene rings is 1. The number of hydrogen-bond acceptors (Lipinski definition) is 3. The number of hydrogen-bond donors (Lipinski definition) is 1. The van der Waals surface area contributed by atoms with Gasteiger partial charge in [-0.2, -0.15) is 5.10 Å². The molecule has 144 valence electrons. The van der Waals surface area contributed by atoms with E-state index in [-0.39, 0.29) is 24.9 Å². The number of aromatic nitrogens is 2. The average Bonchev–Trinajstić information content (AvgIpc) is 3.42. The molecule has 0 spiro atoms. The molecule has 1 fully saturated rings. The SMILES string of the molecule is Cc1nn(-c2ccc(Cl)cc2)c(C)c1CC(=O)N(CC(C)C(=O)O)C1CC1. The van der Waals surface area contributed by atoms with Gasteiger partial charge in [-0.15, -0.1) is 0 Å². The van der Waals surface area contributed by atoms with Crippen LogP contribution in [0.15, 0.2) is 24.3 Å². The summed E-state index contributed by atoms with van der Waals surface area (Å²) in [6.45, 7) is 5.73. The summed E-state index contributed by atoms with van der Waals surface area (Å²) >= 11 is 5.96. The van der Waals surface area contributed by atoms with Gasteiger partial charge in [0, 0.05) is 28.9 Å². The molecule has 7 heteroatoms. The highest BCUT2D eigenvalue weighted by atomic mass is 35.5. The first-order chi connectivity index (χ1) is 12.8. The van der Waals surface area contributed by atoms with Gasteiger partial charge in [0.15, 0.2) is 0 Å². The van der Waals surface area contributed by atoms with Crippen LogP contribution in [0.25, 0.3) is 5.69 Å². The maximum absolute atomic E-state index is 12.9. The predicted octanol–water partition coefficient (Wildman–Crippen LogP) is 3.40. The second kappa shape index (κ2) is 7.72. The molecular formula is C20H24ClN3O3. The van der Waals surface area contributed by atoms with Crippen LogP contribution < -0.4 is 0 Å². The molecule has 2 aromatic rings. The Hall–Kier alpha value is -2.34. The van der Waals surface area contributed by atoms with Gasteiger partial charge in [-0.1, -0.05) is 18.5 Å². The lowest BCUT2D eigenvalue weighted by Crippen LogP contribution is -2.39. The lowest BCUT2D eigenvalue weighted by atomic mass is 10.1. The Morgan fingerprint density at radius 3 is 2.48 bits per heavy atom. The summed E-state index contributed by atoms with van der Waals surface area (Å²) in [6, 6.07) is 7.56. The lowest BCUT2D eigenvalue weighted by Gasteiger charge is -2.24. The van der Waals surface area contributed by atoms with Crippen LogP contribution in [0.1, 0.15) is 36.7 Å². The van der Waals surface area contributed by atoms with E-state index in [9.17, 15) is 14.7 Å². The molecular weight excluding hydrogens is 366 g/mol. The van der Waals surface area contributed by atoms with Crippen LogP contribution in [0.5, 0.6) is 0 Å². The molecule has 1 amide bonds. The van der Waals surface area contributed by atoms with Crippen LogP contribution in [0.2, 0.25) is 5.02 Å². The Kier molecular flexibility index (Phi) is 5.56. The van der Waals surface area contributed by atoms with Crippen LogP contribution in [0, 0.1) is 19.8 Å². The molecule has 0 bridgehead atoms. The van der Waals surface area contributed by atoms with Crippen LogP contribution >= 0.6 is 11.6 Å². The molecule has 1 unspecified atom stereocenters. The molecule has 1 aromatic heterocycles. The molecule has 1 atom stereocenters. The fraction of sp³-hybridized carbons (Fsp3) is 0.450. The van der Waals surface area contributed by atoms with E-state index >= 15 is 0 Å². The monoisotopic (exact) mass is 389 g/mol. The Morgan fingerprint density at radius 1 is 1.30 bits per heavy atom. The van der Waals surface area contributed by atoms with Crippen molar-refractivity contribution in [3.05, 3.63) is 46.2 Å². The highest BCUT2D eigenvalue weighted by molar-refractivity contribution is 6.30. The first-order valence-corrected chi connectivity index (χ1v) is 9.49. The Morgan fingerprint density at radius 2 is 1.93 bits per heavy atom. The number of carbonyl (C=O) groups excluding carboxylic acids is 1. The van der Waals surface area contributed by atoms with E-state index < -0.39 is 11.9 Å². The molecule has 27 heavy (non-hydrogen) atoms. The van der Waals surface area contributed by atoms with E-state index in [0.717, 1.165) is 35.5 Å². The number of amides is 1. The zero-order valence-corrected chi connectivity index (χ0v) is 16.5. The third-order valence-electron chi connectivity index (χ3n) is 5.04. The number of carboxylic acids is 1. The molecule has 6 nitrogen and oxygen atoms in total.